The van der Waals surface area contributed by atoms with Gasteiger partial charge in [0.15, 0.2) is 0 Å². The van der Waals surface area contributed by atoms with Gasteiger partial charge in [-0.2, -0.15) is 0 Å². The summed E-state index contributed by atoms with van der Waals surface area (Å²) in [6.45, 7) is 0. The van der Waals surface area contributed by atoms with Gasteiger partial charge < -0.3 is 26.1 Å². The monoisotopic (exact) mass is 390 g/mol. The number of aromatic nitrogens is 2. The highest BCUT2D eigenvalue weighted by Crippen LogP contribution is 2.20. The fraction of sp³-hybridized carbons (Fsp3) is 0.182. The van der Waals surface area contributed by atoms with Gasteiger partial charge in [-0.25, -0.2) is 4.79 Å². The molecule has 2 aromatic carbocycles. The summed E-state index contributed by atoms with van der Waals surface area (Å²) in [5.74, 6) is -1.58. The number of aromatic amines is 2. The lowest BCUT2D eigenvalue weighted by Gasteiger charge is -2.17. The molecule has 0 aliphatic heterocycles. The largest absolute Gasteiger partial charge is 0.480 e. The Morgan fingerprint density at radius 2 is 1.41 bits per heavy atom. The van der Waals surface area contributed by atoms with Crippen LogP contribution in [-0.2, 0) is 22.4 Å². The van der Waals surface area contributed by atoms with Crippen LogP contribution in [0.25, 0.3) is 21.8 Å². The van der Waals surface area contributed by atoms with Crippen LogP contribution < -0.4 is 11.1 Å². The molecule has 4 aromatic rings. The van der Waals surface area contributed by atoms with Crippen LogP contribution in [-0.4, -0.2) is 39.0 Å². The zero-order chi connectivity index (χ0) is 20.4. The topological polar surface area (TPSA) is 124 Å². The van der Waals surface area contributed by atoms with Crippen LogP contribution in [0.1, 0.15) is 11.1 Å². The van der Waals surface area contributed by atoms with Crippen LogP contribution in [0.5, 0.6) is 0 Å². The Labute approximate surface area is 166 Å². The van der Waals surface area contributed by atoms with Crippen LogP contribution in [0.3, 0.4) is 0 Å². The minimum Gasteiger partial charge on any atom is -0.480 e. The molecule has 0 spiro atoms. The second-order valence-corrected chi connectivity index (χ2v) is 7.13. The van der Waals surface area contributed by atoms with Crippen molar-refractivity contribution in [2.24, 2.45) is 5.73 Å². The Balaban J connectivity index is 1.46. The molecule has 29 heavy (non-hydrogen) atoms. The lowest BCUT2D eigenvalue weighted by atomic mass is 10.0. The minimum absolute atomic E-state index is 0.172. The summed E-state index contributed by atoms with van der Waals surface area (Å²) in [6.07, 6.45) is 4.09. The summed E-state index contributed by atoms with van der Waals surface area (Å²) in [4.78, 5) is 30.6. The number of carbonyl (C=O) groups is 2. The van der Waals surface area contributed by atoms with Gasteiger partial charge in [-0.15, -0.1) is 0 Å². The normalized spacial score (nSPS) is 13.4. The second-order valence-electron chi connectivity index (χ2n) is 7.13. The van der Waals surface area contributed by atoms with Crippen molar-refractivity contribution < 1.29 is 14.7 Å². The second kappa shape index (κ2) is 7.81. The van der Waals surface area contributed by atoms with Crippen molar-refractivity contribution in [1.29, 1.82) is 0 Å². The molecule has 0 aliphatic carbocycles. The average Bonchev–Trinajstić information content (AvgIpc) is 3.32. The van der Waals surface area contributed by atoms with Crippen LogP contribution in [0.15, 0.2) is 60.9 Å². The Kier molecular flexibility index (Phi) is 5.05. The number of fused-ring (bicyclic) bond motifs is 2. The highest BCUT2D eigenvalue weighted by molar-refractivity contribution is 5.89. The fourth-order valence-corrected chi connectivity index (χ4v) is 3.63. The molecule has 7 heteroatoms. The molecule has 0 radical (unpaired) electrons. The highest BCUT2D eigenvalue weighted by Gasteiger charge is 2.25. The predicted octanol–water partition coefficient (Wildman–Crippen LogP) is 2.33. The molecule has 1 amide bonds. The van der Waals surface area contributed by atoms with E-state index in [0.29, 0.717) is 6.42 Å². The molecule has 0 unspecified atom stereocenters. The van der Waals surface area contributed by atoms with Gasteiger partial charge in [0.1, 0.15) is 6.04 Å². The minimum atomic E-state index is -1.09. The number of carboxylic acid groups (broad SMARTS) is 1. The summed E-state index contributed by atoms with van der Waals surface area (Å²) >= 11 is 0. The zero-order valence-electron chi connectivity index (χ0n) is 15.7. The number of rotatable bonds is 7. The van der Waals surface area contributed by atoms with Crippen molar-refractivity contribution in [3.8, 4) is 0 Å². The average molecular weight is 390 g/mol. The van der Waals surface area contributed by atoms with Gasteiger partial charge in [0.05, 0.1) is 6.04 Å². The SMILES string of the molecule is N[C@@H](Cc1c[nH]c2ccccc12)C(=O)N[C@@H](Cc1c[nH]c2ccccc12)C(=O)O. The number of aliphatic carboxylic acids is 1. The summed E-state index contributed by atoms with van der Waals surface area (Å²) in [5, 5.41) is 14.1. The van der Waals surface area contributed by atoms with Crippen molar-refractivity contribution >= 4 is 33.7 Å². The molecule has 2 aromatic heterocycles. The molecular formula is C22H22N4O3. The molecule has 0 bridgehead atoms. The Morgan fingerprint density at radius 1 is 0.897 bits per heavy atom. The maximum absolute atomic E-state index is 12.6. The smallest absolute Gasteiger partial charge is 0.326 e. The van der Waals surface area contributed by atoms with Crippen LogP contribution in [0, 0.1) is 0 Å². The molecule has 4 rings (SSSR count). The summed E-state index contributed by atoms with van der Waals surface area (Å²) < 4.78 is 0. The molecule has 0 aliphatic rings. The standard InChI is InChI=1S/C22H22N4O3/c23-17(9-13-11-24-18-7-3-1-5-15(13)18)21(27)26-20(22(28)29)10-14-12-25-19-8-4-2-6-16(14)19/h1-8,11-12,17,20,24-25H,9-10,23H2,(H,26,27)(H,28,29)/t17-,20-/m0/s1. The Morgan fingerprint density at radius 3 is 1.97 bits per heavy atom. The van der Waals surface area contributed by atoms with E-state index >= 15 is 0 Å². The van der Waals surface area contributed by atoms with E-state index < -0.39 is 24.0 Å². The highest BCUT2D eigenvalue weighted by atomic mass is 16.4. The van der Waals surface area contributed by atoms with E-state index in [1.807, 2.05) is 54.7 Å². The van der Waals surface area contributed by atoms with Gasteiger partial charge in [0.2, 0.25) is 5.91 Å². The number of nitrogens with two attached hydrogens (primary N) is 1. The van der Waals surface area contributed by atoms with E-state index in [9.17, 15) is 14.7 Å². The van der Waals surface area contributed by atoms with Gasteiger partial charge in [0, 0.05) is 40.6 Å². The third-order valence-electron chi connectivity index (χ3n) is 5.17. The van der Waals surface area contributed by atoms with Gasteiger partial charge in [-0.05, 0) is 29.7 Å². The van der Waals surface area contributed by atoms with Crippen molar-refractivity contribution in [3.63, 3.8) is 0 Å². The number of H-pyrrole nitrogens is 2. The molecule has 0 fully saturated rings. The van der Waals surface area contributed by atoms with Crippen molar-refractivity contribution in [3.05, 3.63) is 72.1 Å². The maximum atomic E-state index is 12.6. The quantitative estimate of drug-likeness (QED) is 0.332. The fourth-order valence-electron chi connectivity index (χ4n) is 3.63. The Hall–Kier alpha value is -3.58. The molecule has 148 valence electrons. The first-order chi connectivity index (χ1) is 14.0. The lowest BCUT2D eigenvalue weighted by Crippen LogP contribution is -2.50. The summed E-state index contributed by atoms with van der Waals surface area (Å²) in [6, 6.07) is 13.5. The number of nitrogens with one attached hydrogen (secondary N) is 3. The van der Waals surface area contributed by atoms with Gasteiger partial charge in [-0.1, -0.05) is 36.4 Å². The molecule has 0 saturated carbocycles. The molecule has 2 atom stereocenters. The van der Waals surface area contributed by atoms with Crippen molar-refractivity contribution in [2.45, 2.75) is 24.9 Å². The number of carboxylic acids is 1. The number of para-hydroxylation sites is 2. The van der Waals surface area contributed by atoms with Crippen molar-refractivity contribution in [2.75, 3.05) is 0 Å². The first-order valence-electron chi connectivity index (χ1n) is 9.41. The molecule has 2 heterocycles. The third kappa shape index (κ3) is 3.86. The zero-order valence-corrected chi connectivity index (χ0v) is 15.7. The van der Waals surface area contributed by atoms with E-state index in [0.717, 1.165) is 32.9 Å². The van der Waals surface area contributed by atoms with Crippen LogP contribution in [0.4, 0.5) is 0 Å². The van der Waals surface area contributed by atoms with E-state index in [1.165, 1.54) is 0 Å². The van der Waals surface area contributed by atoms with E-state index in [-0.39, 0.29) is 6.42 Å². The van der Waals surface area contributed by atoms with E-state index in [2.05, 4.69) is 15.3 Å². The molecule has 0 saturated heterocycles. The van der Waals surface area contributed by atoms with Gasteiger partial charge >= 0.3 is 5.97 Å². The maximum Gasteiger partial charge on any atom is 0.326 e. The van der Waals surface area contributed by atoms with Gasteiger partial charge in [-0.3, -0.25) is 4.79 Å². The molecular weight excluding hydrogens is 368 g/mol. The lowest BCUT2D eigenvalue weighted by molar-refractivity contribution is -0.141. The predicted molar refractivity (Wildman–Crippen MR) is 112 cm³/mol. The molecule has 7 nitrogen and oxygen atoms in total. The van der Waals surface area contributed by atoms with Crippen molar-refractivity contribution in [1.82, 2.24) is 15.3 Å². The summed E-state index contributed by atoms with van der Waals surface area (Å²) in [5.41, 5.74) is 9.74. The van der Waals surface area contributed by atoms with Crippen LogP contribution in [0.2, 0.25) is 0 Å². The van der Waals surface area contributed by atoms with E-state index in [4.69, 9.17) is 5.73 Å². The first kappa shape index (κ1) is 18.8. The summed E-state index contributed by atoms with van der Waals surface area (Å²) in [7, 11) is 0. The number of benzene rings is 2. The third-order valence-corrected chi connectivity index (χ3v) is 5.17. The molecule has 6 N–H and O–H groups in total. The van der Waals surface area contributed by atoms with E-state index in [1.54, 1.807) is 6.20 Å². The van der Waals surface area contributed by atoms with Crippen LogP contribution >= 0.6 is 0 Å². The Bertz CT molecular complexity index is 1180. The van der Waals surface area contributed by atoms with Gasteiger partial charge in [0.25, 0.3) is 0 Å². The number of carbonyl (C=O) groups excluding carboxylic acids is 1. The number of amides is 1. The first-order valence-corrected chi connectivity index (χ1v) is 9.41. The number of hydrogen-bond acceptors (Lipinski definition) is 3. The number of hydrogen-bond donors (Lipinski definition) is 5.